The lowest BCUT2D eigenvalue weighted by Crippen LogP contribution is -2.19. The molecule has 0 saturated heterocycles. The summed E-state index contributed by atoms with van der Waals surface area (Å²) >= 11 is 5.40. The zero-order chi connectivity index (χ0) is 23.9. The molecule has 2 rings (SSSR count). The minimum Gasteiger partial charge on any atom is -0.497 e. The van der Waals surface area contributed by atoms with E-state index in [0.29, 0.717) is 12.4 Å². The highest BCUT2D eigenvalue weighted by atomic mass is 32.1. The fourth-order valence-corrected chi connectivity index (χ4v) is 2.95. The fourth-order valence-electron chi connectivity index (χ4n) is 2.69. The zero-order valence-electron chi connectivity index (χ0n) is 19.3. The molecular formula is C25H33NO5S. The molecular weight excluding hydrogens is 426 g/mol. The lowest BCUT2D eigenvalue weighted by molar-refractivity contribution is -0.139. The minimum absolute atomic E-state index is 0.361. The highest BCUT2D eigenvalue weighted by Gasteiger charge is 2.06. The van der Waals surface area contributed by atoms with Gasteiger partial charge >= 0.3 is 5.97 Å². The van der Waals surface area contributed by atoms with Gasteiger partial charge in [0.25, 0.3) is 0 Å². The molecule has 2 aromatic rings. The minimum atomic E-state index is -1.00. The number of carbonyl (C=O) groups is 1. The van der Waals surface area contributed by atoms with Crippen molar-refractivity contribution in [3.63, 3.8) is 0 Å². The molecule has 0 fully saturated rings. The number of thiocarbonyl (C=S) groups is 1. The molecule has 0 bridgehead atoms. The number of ether oxygens (including phenoxy) is 3. The Morgan fingerprint density at radius 3 is 2.31 bits per heavy atom. The van der Waals surface area contributed by atoms with E-state index in [0.717, 1.165) is 52.6 Å². The number of rotatable bonds is 12. The summed E-state index contributed by atoms with van der Waals surface area (Å²) < 4.78 is 16.1. The highest BCUT2D eigenvalue weighted by molar-refractivity contribution is 7.80. The summed E-state index contributed by atoms with van der Waals surface area (Å²) in [5, 5.41) is 11.9. The average molecular weight is 460 g/mol. The van der Waals surface area contributed by atoms with E-state index in [9.17, 15) is 4.79 Å². The van der Waals surface area contributed by atoms with Crippen LogP contribution in [-0.4, -0.2) is 36.4 Å². The number of carboxylic acid groups (broad SMARTS) is 1. The monoisotopic (exact) mass is 459 g/mol. The van der Waals surface area contributed by atoms with E-state index >= 15 is 0 Å². The quantitative estimate of drug-likeness (QED) is 0.315. The van der Waals surface area contributed by atoms with Gasteiger partial charge < -0.3 is 24.6 Å². The van der Waals surface area contributed by atoms with Gasteiger partial charge in [-0.2, -0.15) is 0 Å². The van der Waals surface area contributed by atoms with Crippen LogP contribution in [0.25, 0.3) is 5.70 Å². The molecule has 32 heavy (non-hydrogen) atoms. The molecule has 0 aliphatic carbocycles. The van der Waals surface area contributed by atoms with Gasteiger partial charge in [-0.15, -0.1) is 0 Å². The zero-order valence-corrected chi connectivity index (χ0v) is 20.1. The fraction of sp³-hybridized carbons (Fsp3) is 0.360. The van der Waals surface area contributed by atoms with Crippen molar-refractivity contribution < 1.29 is 24.1 Å². The number of methoxy groups -OCH3 is 1. The molecule has 2 N–H and O–H groups in total. The largest absolute Gasteiger partial charge is 0.497 e. The van der Waals surface area contributed by atoms with Gasteiger partial charge in [0, 0.05) is 5.70 Å². The SMILES string of the molecule is C=C(NC(=S)CCCCOc1ccc(OCC(=O)O)c(C)c1)c1ccc(OC)cc1.CC. The summed E-state index contributed by atoms with van der Waals surface area (Å²) in [5.41, 5.74) is 2.56. The van der Waals surface area contributed by atoms with Crippen LogP contribution in [0.2, 0.25) is 0 Å². The molecule has 2 aromatic carbocycles. The van der Waals surface area contributed by atoms with Gasteiger partial charge in [0.1, 0.15) is 17.2 Å². The third-order valence-corrected chi connectivity index (χ3v) is 4.60. The Morgan fingerprint density at radius 1 is 1.06 bits per heavy atom. The van der Waals surface area contributed by atoms with Crippen molar-refractivity contribution in [2.75, 3.05) is 20.3 Å². The van der Waals surface area contributed by atoms with E-state index in [-0.39, 0.29) is 6.61 Å². The van der Waals surface area contributed by atoms with Gasteiger partial charge in [0.15, 0.2) is 6.61 Å². The van der Waals surface area contributed by atoms with E-state index in [2.05, 4.69) is 11.9 Å². The number of aryl methyl sites for hydroxylation is 1. The average Bonchev–Trinajstić information content (AvgIpc) is 2.79. The first-order chi connectivity index (χ1) is 15.4. The van der Waals surface area contributed by atoms with Gasteiger partial charge in [0.2, 0.25) is 0 Å². The van der Waals surface area contributed by atoms with Crippen molar-refractivity contribution >= 4 is 28.9 Å². The van der Waals surface area contributed by atoms with Gasteiger partial charge in [-0.1, -0.05) is 32.6 Å². The number of hydrogen-bond acceptors (Lipinski definition) is 5. The van der Waals surface area contributed by atoms with Crippen molar-refractivity contribution in [1.82, 2.24) is 5.32 Å². The Kier molecular flexibility index (Phi) is 12.5. The number of carboxylic acids is 1. The third-order valence-electron chi connectivity index (χ3n) is 4.29. The van der Waals surface area contributed by atoms with Crippen LogP contribution in [0, 0.1) is 6.92 Å². The molecule has 0 unspecified atom stereocenters. The van der Waals surface area contributed by atoms with Crippen molar-refractivity contribution in [3.05, 3.63) is 60.2 Å². The Labute approximate surface area is 196 Å². The van der Waals surface area contributed by atoms with E-state index < -0.39 is 5.97 Å². The summed E-state index contributed by atoms with van der Waals surface area (Å²) in [6.07, 6.45) is 2.49. The molecule has 174 valence electrons. The van der Waals surface area contributed by atoms with Crippen LogP contribution in [0.3, 0.4) is 0 Å². The normalized spacial score (nSPS) is 9.75. The van der Waals surface area contributed by atoms with Crippen molar-refractivity contribution in [2.24, 2.45) is 0 Å². The van der Waals surface area contributed by atoms with Crippen LogP contribution in [0.5, 0.6) is 17.2 Å². The Balaban J connectivity index is 0.00000249. The Bertz CT molecular complexity index is 880. The van der Waals surface area contributed by atoms with Crippen LogP contribution in [0.1, 0.15) is 44.2 Å². The molecule has 0 atom stereocenters. The van der Waals surface area contributed by atoms with E-state index in [1.807, 2.05) is 51.1 Å². The predicted octanol–water partition coefficient (Wildman–Crippen LogP) is 5.63. The highest BCUT2D eigenvalue weighted by Crippen LogP contribution is 2.23. The van der Waals surface area contributed by atoms with Gasteiger partial charge in [-0.05, 0) is 79.8 Å². The van der Waals surface area contributed by atoms with Crippen LogP contribution < -0.4 is 19.5 Å². The summed E-state index contributed by atoms with van der Waals surface area (Å²) in [6.45, 7) is 10.1. The molecule has 0 heterocycles. The summed E-state index contributed by atoms with van der Waals surface area (Å²) in [7, 11) is 1.63. The molecule has 0 saturated carbocycles. The number of nitrogens with one attached hydrogen (secondary N) is 1. The molecule has 0 aromatic heterocycles. The lowest BCUT2D eigenvalue weighted by atomic mass is 10.1. The van der Waals surface area contributed by atoms with Crippen LogP contribution in [-0.2, 0) is 4.79 Å². The first-order valence-electron chi connectivity index (χ1n) is 10.6. The van der Waals surface area contributed by atoms with Crippen LogP contribution in [0.4, 0.5) is 0 Å². The number of benzene rings is 2. The first kappa shape index (κ1) is 27.0. The third kappa shape index (κ3) is 9.83. The smallest absolute Gasteiger partial charge is 0.341 e. The maximum atomic E-state index is 10.6. The Hall–Kier alpha value is -3.06. The maximum absolute atomic E-state index is 10.6. The van der Waals surface area contributed by atoms with Gasteiger partial charge in [0.05, 0.1) is 18.7 Å². The van der Waals surface area contributed by atoms with Crippen molar-refractivity contribution in [1.29, 1.82) is 0 Å². The molecule has 0 radical (unpaired) electrons. The van der Waals surface area contributed by atoms with Gasteiger partial charge in [-0.3, -0.25) is 0 Å². The molecule has 0 spiro atoms. The summed E-state index contributed by atoms with van der Waals surface area (Å²) in [5.74, 6) is 1.06. The molecule has 7 heteroatoms. The molecule has 0 amide bonds. The van der Waals surface area contributed by atoms with E-state index in [4.69, 9.17) is 31.5 Å². The van der Waals surface area contributed by atoms with Crippen molar-refractivity contribution in [2.45, 2.75) is 40.0 Å². The molecule has 6 nitrogen and oxygen atoms in total. The number of hydrogen-bond donors (Lipinski definition) is 2. The molecule has 0 aliphatic rings. The summed E-state index contributed by atoms with van der Waals surface area (Å²) in [4.78, 5) is 11.3. The lowest BCUT2D eigenvalue weighted by Gasteiger charge is -2.12. The van der Waals surface area contributed by atoms with Crippen molar-refractivity contribution in [3.8, 4) is 17.2 Å². The first-order valence-corrected chi connectivity index (χ1v) is 11.0. The molecule has 0 aliphatic heterocycles. The second kappa shape index (κ2) is 14.9. The summed E-state index contributed by atoms with van der Waals surface area (Å²) in [6, 6.07) is 13.0. The number of unbranched alkanes of at least 4 members (excludes halogenated alkanes) is 1. The van der Waals surface area contributed by atoms with Crippen LogP contribution in [0.15, 0.2) is 49.0 Å². The number of aliphatic carboxylic acids is 1. The van der Waals surface area contributed by atoms with E-state index in [1.54, 1.807) is 19.2 Å². The predicted molar refractivity (Wildman–Crippen MR) is 133 cm³/mol. The standard InChI is InChI=1S/C23H27NO5S.C2H6/c1-16-14-20(11-12-21(16)29-15-23(25)26)28-13-5-4-6-22(30)24-17(2)18-7-9-19(27-3)10-8-18;1-2/h7-12,14H,2,4-6,13,15H2,1,3H3,(H,24,30)(H,25,26);1-2H3. The van der Waals surface area contributed by atoms with E-state index in [1.165, 1.54) is 0 Å². The second-order valence-electron chi connectivity index (χ2n) is 6.67. The van der Waals surface area contributed by atoms with Crippen LogP contribution >= 0.6 is 12.2 Å². The second-order valence-corrected chi connectivity index (χ2v) is 7.16. The topological polar surface area (TPSA) is 77.0 Å². The Morgan fingerprint density at radius 2 is 1.72 bits per heavy atom. The van der Waals surface area contributed by atoms with Gasteiger partial charge in [-0.25, -0.2) is 4.79 Å². The maximum Gasteiger partial charge on any atom is 0.341 e.